The fourth-order valence-electron chi connectivity index (χ4n) is 3.07. The van der Waals surface area contributed by atoms with E-state index in [1.165, 1.54) is 13.4 Å². The first kappa shape index (κ1) is 14.3. The Labute approximate surface area is 136 Å². The van der Waals surface area contributed by atoms with E-state index in [0.29, 0.717) is 28.2 Å². The average Bonchev–Trinajstić information content (AvgIpc) is 3.11. The van der Waals surface area contributed by atoms with Crippen molar-refractivity contribution in [2.45, 2.75) is 12.8 Å². The highest BCUT2D eigenvalue weighted by atomic mass is 16.5. The number of ether oxygens (including phenoxy) is 1. The number of hydrogen-bond donors (Lipinski definition) is 1. The number of aryl methyl sites for hydroxylation is 1. The monoisotopic (exact) mass is 323 g/mol. The van der Waals surface area contributed by atoms with Crippen LogP contribution >= 0.6 is 0 Å². The lowest BCUT2D eigenvalue weighted by molar-refractivity contribution is -0.116. The average molecular weight is 323 g/mol. The van der Waals surface area contributed by atoms with Crippen molar-refractivity contribution in [3.63, 3.8) is 0 Å². The molecule has 0 spiro atoms. The van der Waals surface area contributed by atoms with Gasteiger partial charge >= 0.3 is 5.97 Å². The molecule has 120 valence electrons. The molecule has 0 radical (unpaired) electrons. The second-order valence-corrected chi connectivity index (χ2v) is 5.46. The smallest absolute Gasteiger partial charge is 0.339 e. The Hall–Kier alpha value is -3.29. The molecule has 8 nitrogen and oxygen atoms in total. The minimum atomic E-state index is -0.599. The van der Waals surface area contributed by atoms with Crippen LogP contribution in [0.3, 0.4) is 0 Å². The first-order valence-electron chi connectivity index (χ1n) is 7.28. The van der Waals surface area contributed by atoms with Gasteiger partial charge in [-0.25, -0.2) is 19.3 Å². The molecule has 0 fully saturated rings. The highest BCUT2D eigenvalue weighted by molar-refractivity contribution is 6.05. The summed E-state index contributed by atoms with van der Waals surface area (Å²) >= 11 is 0. The molecule has 1 aliphatic rings. The number of rotatable bonds is 2. The second-order valence-electron chi connectivity index (χ2n) is 5.46. The molecule has 0 aliphatic carbocycles. The van der Waals surface area contributed by atoms with Crippen molar-refractivity contribution >= 4 is 23.2 Å². The van der Waals surface area contributed by atoms with Crippen LogP contribution in [-0.2, 0) is 9.53 Å². The summed E-state index contributed by atoms with van der Waals surface area (Å²) in [5.41, 5.74) is 2.96. The minimum Gasteiger partial charge on any atom is -0.465 e. The third-order valence-corrected chi connectivity index (χ3v) is 4.19. The summed E-state index contributed by atoms with van der Waals surface area (Å²) in [6, 6.07) is 3.61. The number of carbonyl (C=O) groups is 2. The lowest BCUT2D eigenvalue weighted by Crippen LogP contribution is -2.16. The molecular formula is C16H13N5O3. The molecule has 1 atom stereocenters. The number of methoxy groups -OCH3 is 1. The van der Waals surface area contributed by atoms with Crippen molar-refractivity contribution in [2.75, 3.05) is 12.4 Å². The SMILES string of the molecule is COC(=O)c1cn2ncnc(C3C(=O)Nc4ncccc43)c2c1C. The Morgan fingerprint density at radius 2 is 2.21 bits per heavy atom. The summed E-state index contributed by atoms with van der Waals surface area (Å²) in [7, 11) is 1.32. The van der Waals surface area contributed by atoms with E-state index in [0.717, 1.165) is 5.56 Å². The first-order chi connectivity index (χ1) is 11.6. The summed E-state index contributed by atoms with van der Waals surface area (Å²) in [6.07, 6.45) is 4.57. The first-order valence-corrected chi connectivity index (χ1v) is 7.28. The van der Waals surface area contributed by atoms with Gasteiger partial charge in [0.1, 0.15) is 18.1 Å². The molecule has 1 amide bonds. The molecule has 24 heavy (non-hydrogen) atoms. The Morgan fingerprint density at radius 3 is 3.00 bits per heavy atom. The highest BCUT2D eigenvalue weighted by Crippen LogP contribution is 2.37. The van der Waals surface area contributed by atoms with Crippen molar-refractivity contribution in [3.05, 3.63) is 53.2 Å². The number of pyridine rings is 1. The van der Waals surface area contributed by atoms with E-state index >= 15 is 0 Å². The molecule has 0 saturated carbocycles. The van der Waals surface area contributed by atoms with Crippen LogP contribution in [-0.4, -0.2) is 38.6 Å². The fourth-order valence-corrected chi connectivity index (χ4v) is 3.07. The van der Waals surface area contributed by atoms with Crippen LogP contribution in [0.4, 0.5) is 5.82 Å². The number of hydrogen-bond acceptors (Lipinski definition) is 6. The molecule has 3 aromatic rings. The van der Waals surface area contributed by atoms with Crippen LogP contribution in [0.15, 0.2) is 30.9 Å². The third kappa shape index (κ3) is 1.89. The Balaban J connectivity index is 1.97. The standard InChI is InChI=1S/C16H13N5O3/c1-8-10(16(23)24-2)6-21-13(8)12(18-7-19-21)11-9-4-3-5-17-14(9)20-15(11)22/h3-7,11H,1-2H3,(H,17,20,22). The number of aromatic nitrogens is 4. The number of nitrogens with one attached hydrogen (secondary N) is 1. The number of carbonyl (C=O) groups excluding carboxylic acids is 2. The largest absolute Gasteiger partial charge is 0.465 e. The molecule has 4 rings (SSSR count). The van der Waals surface area contributed by atoms with Crippen LogP contribution in [0, 0.1) is 6.92 Å². The zero-order valence-electron chi connectivity index (χ0n) is 13.0. The maximum absolute atomic E-state index is 12.5. The van der Waals surface area contributed by atoms with Crippen molar-refractivity contribution in [3.8, 4) is 0 Å². The van der Waals surface area contributed by atoms with E-state index in [-0.39, 0.29) is 5.91 Å². The van der Waals surface area contributed by atoms with Crippen molar-refractivity contribution < 1.29 is 14.3 Å². The number of amides is 1. The van der Waals surface area contributed by atoms with Gasteiger partial charge in [-0.1, -0.05) is 6.07 Å². The van der Waals surface area contributed by atoms with Gasteiger partial charge in [0.15, 0.2) is 0 Å². The Bertz CT molecular complexity index is 995. The second kappa shape index (κ2) is 5.12. The van der Waals surface area contributed by atoms with Gasteiger partial charge in [0.05, 0.1) is 23.9 Å². The Kier molecular flexibility index (Phi) is 3.05. The van der Waals surface area contributed by atoms with Crippen LogP contribution in [0.1, 0.15) is 33.1 Å². The maximum atomic E-state index is 12.5. The topological polar surface area (TPSA) is 98.5 Å². The van der Waals surface area contributed by atoms with Crippen LogP contribution < -0.4 is 5.32 Å². The normalized spacial score (nSPS) is 16.1. The highest BCUT2D eigenvalue weighted by Gasteiger charge is 2.36. The Morgan fingerprint density at radius 1 is 1.38 bits per heavy atom. The van der Waals surface area contributed by atoms with Gasteiger partial charge in [-0.05, 0) is 18.6 Å². The van der Waals surface area contributed by atoms with E-state index in [2.05, 4.69) is 20.4 Å². The summed E-state index contributed by atoms with van der Waals surface area (Å²) in [4.78, 5) is 32.9. The number of anilines is 1. The predicted molar refractivity (Wildman–Crippen MR) is 83.8 cm³/mol. The lowest BCUT2D eigenvalue weighted by Gasteiger charge is -2.10. The van der Waals surface area contributed by atoms with E-state index in [9.17, 15) is 9.59 Å². The zero-order chi connectivity index (χ0) is 16.8. The molecule has 1 aliphatic heterocycles. The molecule has 4 heterocycles. The molecule has 0 bridgehead atoms. The number of esters is 1. The number of fused-ring (bicyclic) bond motifs is 2. The fraction of sp³-hybridized carbons (Fsp3) is 0.188. The van der Waals surface area contributed by atoms with E-state index in [1.54, 1.807) is 29.9 Å². The zero-order valence-corrected chi connectivity index (χ0v) is 13.0. The lowest BCUT2D eigenvalue weighted by atomic mass is 9.96. The summed E-state index contributed by atoms with van der Waals surface area (Å²) in [5, 5.41) is 6.90. The summed E-state index contributed by atoms with van der Waals surface area (Å²) < 4.78 is 6.35. The molecule has 0 aromatic carbocycles. The van der Waals surface area contributed by atoms with Crippen molar-refractivity contribution in [1.82, 2.24) is 19.6 Å². The predicted octanol–water partition coefficient (Wildman–Crippen LogP) is 1.30. The van der Waals surface area contributed by atoms with Gasteiger partial charge in [0, 0.05) is 18.0 Å². The molecule has 1 unspecified atom stereocenters. The van der Waals surface area contributed by atoms with Gasteiger partial charge in [0.25, 0.3) is 0 Å². The van der Waals surface area contributed by atoms with Gasteiger partial charge in [-0.3, -0.25) is 4.79 Å². The van der Waals surface area contributed by atoms with E-state index < -0.39 is 11.9 Å². The van der Waals surface area contributed by atoms with Gasteiger partial charge in [-0.15, -0.1) is 0 Å². The van der Waals surface area contributed by atoms with Crippen molar-refractivity contribution in [2.24, 2.45) is 0 Å². The van der Waals surface area contributed by atoms with Crippen molar-refractivity contribution in [1.29, 1.82) is 0 Å². The summed E-state index contributed by atoms with van der Waals surface area (Å²) in [5.74, 6) is -0.730. The summed E-state index contributed by atoms with van der Waals surface area (Å²) in [6.45, 7) is 1.78. The molecule has 1 N–H and O–H groups in total. The van der Waals surface area contributed by atoms with Gasteiger partial charge in [0.2, 0.25) is 5.91 Å². The molecular weight excluding hydrogens is 310 g/mol. The van der Waals surface area contributed by atoms with Crippen LogP contribution in [0.5, 0.6) is 0 Å². The van der Waals surface area contributed by atoms with Crippen LogP contribution in [0.25, 0.3) is 5.52 Å². The molecule has 3 aromatic heterocycles. The van der Waals surface area contributed by atoms with Crippen LogP contribution in [0.2, 0.25) is 0 Å². The quantitative estimate of drug-likeness (QED) is 0.714. The molecule has 8 heteroatoms. The van der Waals surface area contributed by atoms with Gasteiger partial charge < -0.3 is 10.1 Å². The van der Waals surface area contributed by atoms with E-state index in [1.807, 2.05) is 6.07 Å². The van der Waals surface area contributed by atoms with Gasteiger partial charge in [-0.2, -0.15) is 5.10 Å². The minimum absolute atomic E-state index is 0.204. The molecule has 0 saturated heterocycles. The third-order valence-electron chi connectivity index (χ3n) is 4.19. The number of nitrogens with zero attached hydrogens (tertiary/aromatic N) is 4. The maximum Gasteiger partial charge on any atom is 0.339 e. The van der Waals surface area contributed by atoms with E-state index in [4.69, 9.17) is 4.74 Å².